The van der Waals surface area contributed by atoms with Gasteiger partial charge in [-0.2, -0.15) is 0 Å². The molecule has 0 saturated carbocycles. The molecule has 0 bridgehead atoms. The first-order chi connectivity index (χ1) is 6.92. The molecular formula is C12H20NO2. The maximum Gasteiger partial charge on any atom is 0.414 e. The van der Waals surface area contributed by atoms with Gasteiger partial charge in [-0.15, -0.1) is 0 Å². The van der Waals surface area contributed by atoms with Crippen LogP contribution in [-0.2, 0) is 4.74 Å². The Bertz CT molecular complexity index is 253. The van der Waals surface area contributed by atoms with E-state index < -0.39 is 5.60 Å². The summed E-state index contributed by atoms with van der Waals surface area (Å²) in [6.07, 6.45) is 5.44. The maximum atomic E-state index is 11.6. The Labute approximate surface area is 92.1 Å². The summed E-state index contributed by atoms with van der Waals surface area (Å²) in [6, 6.07) is 0. The summed E-state index contributed by atoms with van der Waals surface area (Å²) < 4.78 is 5.27. The first kappa shape index (κ1) is 12.1. The van der Waals surface area contributed by atoms with Crippen LogP contribution in [0.5, 0.6) is 0 Å². The molecule has 85 valence electrons. The first-order valence-corrected chi connectivity index (χ1v) is 5.39. The molecule has 1 aliphatic rings. The zero-order valence-corrected chi connectivity index (χ0v) is 9.82. The summed E-state index contributed by atoms with van der Waals surface area (Å²) in [6.45, 7) is 10.2. The number of nitrogens with zero attached hydrogens (tertiary/aromatic N) is 1. The molecule has 1 aliphatic heterocycles. The molecule has 1 unspecified atom stereocenters. The van der Waals surface area contributed by atoms with Gasteiger partial charge in [0.25, 0.3) is 0 Å². The van der Waals surface area contributed by atoms with Crippen molar-refractivity contribution < 1.29 is 9.53 Å². The van der Waals surface area contributed by atoms with E-state index in [9.17, 15) is 4.79 Å². The van der Waals surface area contributed by atoms with Gasteiger partial charge in [-0.05, 0) is 39.5 Å². The van der Waals surface area contributed by atoms with Crippen molar-refractivity contribution in [2.24, 2.45) is 5.92 Å². The van der Waals surface area contributed by atoms with Crippen LogP contribution in [0.4, 0.5) is 4.79 Å². The van der Waals surface area contributed by atoms with E-state index in [1.54, 1.807) is 4.90 Å². The summed E-state index contributed by atoms with van der Waals surface area (Å²) in [5.41, 5.74) is -0.423. The Morgan fingerprint density at radius 1 is 1.60 bits per heavy atom. The molecule has 0 spiro atoms. The van der Waals surface area contributed by atoms with Crippen LogP contribution >= 0.6 is 0 Å². The number of allylic oxidation sites excluding steroid dienone is 1. The molecule has 0 aromatic heterocycles. The highest BCUT2D eigenvalue weighted by Gasteiger charge is 2.23. The van der Waals surface area contributed by atoms with Crippen molar-refractivity contribution >= 4 is 6.09 Å². The Balaban J connectivity index is 2.49. The monoisotopic (exact) mass is 210 g/mol. The fourth-order valence-electron chi connectivity index (χ4n) is 1.41. The molecular weight excluding hydrogens is 190 g/mol. The molecule has 0 aromatic rings. The van der Waals surface area contributed by atoms with Crippen LogP contribution in [-0.4, -0.2) is 23.1 Å². The lowest BCUT2D eigenvalue weighted by atomic mass is 10.00. The molecule has 0 N–H and O–H groups in total. The topological polar surface area (TPSA) is 29.5 Å². The minimum atomic E-state index is -0.423. The van der Waals surface area contributed by atoms with Gasteiger partial charge in [0.2, 0.25) is 0 Å². The fraction of sp³-hybridized carbons (Fsp3) is 0.667. The van der Waals surface area contributed by atoms with E-state index >= 15 is 0 Å². The number of hydrogen-bond acceptors (Lipinski definition) is 2. The van der Waals surface area contributed by atoms with Crippen molar-refractivity contribution in [2.45, 2.75) is 39.2 Å². The van der Waals surface area contributed by atoms with Gasteiger partial charge in [-0.1, -0.05) is 13.0 Å². The van der Waals surface area contributed by atoms with Crippen molar-refractivity contribution in [1.29, 1.82) is 0 Å². The number of ether oxygens (including phenoxy) is 1. The molecule has 3 heteroatoms. The molecule has 1 heterocycles. The Morgan fingerprint density at radius 3 is 2.67 bits per heavy atom. The minimum absolute atomic E-state index is 0.263. The molecule has 15 heavy (non-hydrogen) atoms. The SMILES string of the molecule is [CH2]CC1C=CN(C(=O)OC(C)(C)C)CC1. The van der Waals surface area contributed by atoms with E-state index in [4.69, 9.17) is 4.74 Å². The lowest BCUT2D eigenvalue weighted by molar-refractivity contribution is 0.0319. The molecule has 0 aliphatic carbocycles. The molecule has 0 saturated heterocycles. The second-order valence-corrected chi connectivity index (χ2v) is 4.85. The predicted molar refractivity (Wildman–Crippen MR) is 60.2 cm³/mol. The quantitative estimate of drug-likeness (QED) is 0.666. The smallest absolute Gasteiger partial charge is 0.414 e. The van der Waals surface area contributed by atoms with Gasteiger partial charge in [0, 0.05) is 12.7 Å². The van der Waals surface area contributed by atoms with Crippen LogP contribution in [0.15, 0.2) is 12.3 Å². The van der Waals surface area contributed by atoms with Gasteiger partial charge in [0.05, 0.1) is 0 Å². The van der Waals surface area contributed by atoms with Crippen molar-refractivity contribution in [3.63, 3.8) is 0 Å². The van der Waals surface area contributed by atoms with E-state index in [0.717, 1.165) is 19.4 Å². The van der Waals surface area contributed by atoms with E-state index in [-0.39, 0.29) is 6.09 Å². The highest BCUT2D eigenvalue weighted by Crippen LogP contribution is 2.18. The van der Waals surface area contributed by atoms with Crippen LogP contribution in [0.1, 0.15) is 33.6 Å². The predicted octanol–water partition coefficient (Wildman–Crippen LogP) is 2.98. The van der Waals surface area contributed by atoms with Crippen LogP contribution in [0.25, 0.3) is 0 Å². The largest absolute Gasteiger partial charge is 0.443 e. The second kappa shape index (κ2) is 4.69. The van der Waals surface area contributed by atoms with Crippen LogP contribution in [0.3, 0.4) is 0 Å². The normalized spacial score (nSPS) is 21.6. The van der Waals surface area contributed by atoms with E-state index in [1.807, 2.05) is 33.0 Å². The number of rotatable bonds is 1. The highest BCUT2D eigenvalue weighted by atomic mass is 16.6. The fourth-order valence-corrected chi connectivity index (χ4v) is 1.41. The summed E-state index contributed by atoms with van der Waals surface area (Å²) in [7, 11) is 0. The molecule has 1 radical (unpaired) electrons. The number of amides is 1. The van der Waals surface area contributed by atoms with Gasteiger partial charge in [0.15, 0.2) is 0 Å². The first-order valence-electron chi connectivity index (χ1n) is 5.39. The summed E-state index contributed by atoms with van der Waals surface area (Å²) in [5.74, 6) is 0.503. The standard InChI is InChI=1S/C12H20NO2/c1-5-10-6-8-13(9-7-10)11(14)15-12(2,3)4/h6,8,10H,1,5,7,9H2,2-4H3. The Morgan fingerprint density at radius 2 is 2.27 bits per heavy atom. The van der Waals surface area contributed by atoms with Crippen molar-refractivity contribution in [3.8, 4) is 0 Å². The molecule has 3 nitrogen and oxygen atoms in total. The number of hydrogen-bond donors (Lipinski definition) is 0. The summed E-state index contributed by atoms with van der Waals surface area (Å²) in [5, 5.41) is 0. The van der Waals surface area contributed by atoms with Crippen molar-refractivity contribution in [1.82, 2.24) is 4.90 Å². The molecule has 0 aromatic carbocycles. The third-order valence-electron chi connectivity index (χ3n) is 2.28. The average Bonchev–Trinajstić information content (AvgIpc) is 2.15. The van der Waals surface area contributed by atoms with Crippen LogP contribution in [0, 0.1) is 12.8 Å². The molecule has 1 atom stereocenters. The van der Waals surface area contributed by atoms with Gasteiger partial charge in [-0.3, -0.25) is 4.90 Å². The van der Waals surface area contributed by atoms with Gasteiger partial charge >= 0.3 is 6.09 Å². The van der Waals surface area contributed by atoms with Crippen molar-refractivity contribution in [2.75, 3.05) is 6.54 Å². The maximum absolute atomic E-state index is 11.6. The van der Waals surface area contributed by atoms with Crippen molar-refractivity contribution in [3.05, 3.63) is 19.2 Å². The van der Waals surface area contributed by atoms with E-state index in [1.165, 1.54) is 0 Å². The molecule has 1 rings (SSSR count). The number of carbonyl (C=O) groups excluding carboxylic acids is 1. The lowest BCUT2D eigenvalue weighted by Crippen LogP contribution is -2.36. The third-order valence-corrected chi connectivity index (χ3v) is 2.28. The minimum Gasteiger partial charge on any atom is -0.443 e. The summed E-state index contributed by atoms with van der Waals surface area (Å²) >= 11 is 0. The zero-order valence-electron chi connectivity index (χ0n) is 9.82. The average molecular weight is 210 g/mol. The van der Waals surface area contributed by atoms with Crippen LogP contribution < -0.4 is 0 Å². The lowest BCUT2D eigenvalue weighted by Gasteiger charge is -2.28. The number of carbonyl (C=O) groups is 1. The molecule has 0 fully saturated rings. The molecule has 1 amide bonds. The van der Waals surface area contributed by atoms with Gasteiger partial charge < -0.3 is 4.74 Å². The Kier molecular flexibility index (Phi) is 3.77. The van der Waals surface area contributed by atoms with E-state index in [2.05, 4.69) is 6.92 Å². The van der Waals surface area contributed by atoms with Crippen LogP contribution in [0.2, 0.25) is 0 Å². The van der Waals surface area contributed by atoms with E-state index in [0.29, 0.717) is 5.92 Å². The highest BCUT2D eigenvalue weighted by molar-refractivity contribution is 5.69. The van der Waals surface area contributed by atoms with Gasteiger partial charge in [0.1, 0.15) is 5.60 Å². The van der Waals surface area contributed by atoms with Gasteiger partial charge in [-0.25, -0.2) is 4.79 Å². The Hall–Kier alpha value is -0.990. The third kappa shape index (κ3) is 3.94. The second-order valence-electron chi connectivity index (χ2n) is 4.85. The zero-order chi connectivity index (χ0) is 11.5. The summed E-state index contributed by atoms with van der Waals surface area (Å²) in [4.78, 5) is 13.3.